The average molecular weight is 324 g/mol. The summed E-state index contributed by atoms with van der Waals surface area (Å²) in [6.45, 7) is 4.76. The van der Waals surface area contributed by atoms with Gasteiger partial charge in [-0.05, 0) is 43.2 Å². The van der Waals surface area contributed by atoms with Crippen molar-refractivity contribution >= 4 is 27.0 Å². The van der Waals surface area contributed by atoms with E-state index in [-0.39, 0.29) is 0 Å². The SMILES string of the molecule is CCCN(Cc1ccc(N)cc1)S(=O)(=O)c1ccc(C)s1. The second-order valence-corrected chi connectivity index (χ2v) is 8.40. The molecule has 0 aliphatic rings. The minimum Gasteiger partial charge on any atom is -0.399 e. The van der Waals surface area contributed by atoms with Crippen molar-refractivity contribution in [2.75, 3.05) is 12.3 Å². The van der Waals surface area contributed by atoms with Crippen LogP contribution in [0.15, 0.2) is 40.6 Å². The second kappa shape index (κ2) is 6.60. The third-order valence-corrected chi connectivity index (χ3v) is 6.43. The Morgan fingerprint density at radius 3 is 2.33 bits per heavy atom. The molecule has 2 rings (SSSR count). The summed E-state index contributed by atoms with van der Waals surface area (Å²) >= 11 is 1.31. The number of nitrogens with two attached hydrogens (primary N) is 1. The van der Waals surface area contributed by atoms with E-state index in [0.29, 0.717) is 23.0 Å². The first-order valence-corrected chi connectivity index (χ1v) is 9.10. The smallest absolute Gasteiger partial charge is 0.252 e. The van der Waals surface area contributed by atoms with Crippen LogP contribution in [0.5, 0.6) is 0 Å². The lowest BCUT2D eigenvalue weighted by Crippen LogP contribution is -2.30. The van der Waals surface area contributed by atoms with Crippen molar-refractivity contribution < 1.29 is 8.42 Å². The molecule has 6 heteroatoms. The van der Waals surface area contributed by atoms with Gasteiger partial charge in [0.15, 0.2) is 0 Å². The Morgan fingerprint density at radius 2 is 1.81 bits per heavy atom. The Labute approximate surface area is 130 Å². The highest BCUT2D eigenvalue weighted by atomic mass is 32.2. The van der Waals surface area contributed by atoms with Crippen molar-refractivity contribution in [3.8, 4) is 0 Å². The number of rotatable bonds is 6. The zero-order valence-electron chi connectivity index (χ0n) is 12.2. The lowest BCUT2D eigenvalue weighted by molar-refractivity contribution is 0.407. The number of hydrogen-bond donors (Lipinski definition) is 1. The molecule has 0 radical (unpaired) electrons. The van der Waals surface area contributed by atoms with Crippen LogP contribution < -0.4 is 5.73 Å². The fourth-order valence-electron chi connectivity index (χ4n) is 2.04. The number of nitrogens with zero attached hydrogens (tertiary/aromatic N) is 1. The van der Waals surface area contributed by atoms with Gasteiger partial charge in [-0.2, -0.15) is 4.31 Å². The fraction of sp³-hybridized carbons (Fsp3) is 0.333. The summed E-state index contributed by atoms with van der Waals surface area (Å²) < 4.78 is 27.4. The highest BCUT2D eigenvalue weighted by Crippen LogP contribution is 2.25. The fourth-order valence-corrected chi connectivity index (χ4v) is 5.00. The summed E-state index contributed by atoms with van der Waals surface area (Å²) in [4.78, 5) is 0.998. The number of sulfonamides is 1. The van der Waals surface area contributed by atoms with Crippen molar-refractivity contribution in [2.45, 2.75) is 31.0 Å². The van der Waals surface area contributed by atoms with Crippen LogP contribution in [-0.4, -0.2) is 19.3 Å². The molecule has 0 atom stereocenters. The number of thiophene rings is 1. The van der Waals surface area contributed by atoms with Crippen LogP contribution in [0.2, 0.25) is 0 Å². The van der Waals surface area contributed by atoms with Crippen molar-refractivity contribution in [1.29, 1.82) is 0 Å². The summed E-state index contributed by atoms with van der Waals surface area (Å²) in [5.74, 6) is 0. The minimum atomic E-state index is -3.43. The molecule has 0 aliphatic heterocycles. The molecule has 0 unspecified atom stereocenters. The van der Waals surface area contributed by atoms with E-state index in [1.54, 1.807) is 18.2 Å². The quantitative estimate of drug-likeness (QED) is 0.830. The van der Waals surface area contributed by atoms with Gasteiger partial charge >= 0.3 is 0 Å². The number of benzene rings is 1. The van der Waals surface area contributed by atoms with Gasteiger partial charge in [0.25, 0.3) is 10.0 Å². The maximum absolute atomic E-state index is 12.7. The molecule has 0 saturated heterocycles. The van der Waals surface area contributed by atoms with E-state index in [1.807, 2.05) is 32.0 Å². The number of nitrogen functional groups attached to an aromatic ring is 1. The predicted octanol–water partition coefficient (Wildman–Crippen LogP) is 3.24. The Bertz CT molecular complexity index is 691. The molecular formula is C15H20N2O2S2. The van der Waals surface area contributed by atoms with Crippen molar-refractivity contribution in [1.82, 2.24) is 4.31 Å². The summed E-state index contributed by atoms with van der Waals surface area (Å²) in [5, 5.41) is 0. The lowest BCUT2D eigenvalue weighted by Gasteiger charge is -2.21. The normalized spacial score (nSPS) is 12.0. The molecule has 1 heterocycles. The Morgan fingerprint density at radius 1 is 1.14 bits per heavy atom. The molecule has 21 heavy (non-hydrogen) atoms. The Kier molecular flexibility index (Phi) is 5.03. The van der Waals surface area contributed by atoms with Gasteiger partial charge in [0.1, 0.15) is 4.21 Å². The molecule has 0 spiro atoms. The molecule has 114 valence electrons. The molecule has 1 aromatic carbocycles. The number of aryl methyl sites for hydroxylation is 1. The molecule has 0 saturated carbocycles. The average Bonchev–Trinajstić information content (AvgIpc) is 2.88. The number of hydrogen-bond acceptors (Lipinski definition) is 4. The van der Waals surface area contributed by atoms with Crippen LogP contribution >= 0.6 is 11.3 Å². The molecule has 0 amide bonds. The van der Waals surface area contributed by atoms with Gasteiger partial charge in [-0.1, -0.05) is 19.1 Å². The molecule has 0 aliphatic carbocycles. The maximum atomic E-state index is 12.7. The first kappa shape index (κ1) is 16.0. The van der Waals surface area contributed by atoms with Crippen molar-refractivity contribution in [3.63, 3.8) is 0 Å². The van der Waals surface area contributed by atoms with Gasteiger partial charge in [-0.15, -0.1) is 11.3 Å². The van der Waals surface area contributed by atoms with E-state index in [2.05, 4.69) is 0 Å². The summed E-state index contributed by atoms with van der Waals surface area (Å²) in [6.07, 6.45) is 0.776. The van der Waals surface area contributed by atoms with E-state index in [4.69, 9.17) is 5.73 Å². The zero-order valence-corrected chi connectivity index (χ0v) is 13.9. The molecule has 2 N–H and O–H groups in total. The minimum absolute atomic E-state index is 0.368. The molecule has 2 aromatic rings. The highest BCUT2D eigenvalue weighted by molar-refractivity contribution is 7.91. The first-order valence-electron chi connectivity index (χ1n) is 6.84. The first-order chi connectivity index (χ1) is 9.93. The third kappa shape index (κ3) is 3.84. The van der Waals surface area contributed by atoms with Crippen LogP contribution in [0.25, 0.3) is 0 Å². The van der Waals surface area contributed by atoms with Crippen LogP contribution in [-0.2, 0) is 16.6 Å². The van der Waals surface area contributed by atoms with Crippen LogP contribution in [0.1, 0.15) is 23.8 Å². The summed E-state index contributed by atoms with van der Waals surface area (Å²) in [7, 11) is -3.43. The van der Waals surface area contributed by atoms with Gasteiger partial charge in [-0.3, -0.25) is 0 Å². The topological polar surface area (TPSA) is 63.4 Å². The predicted molar refractivity (Wildman–Crippen MR) is 87.8 cm³/mol. The van der Waals surface area contributed by atoms with Crippen LogP contribution in [0.3, 0.4) is 0 Å². The maximum Gasteiger partial charge on any atom is 0.252 e. The van der Waals surface area contributed by atoms with E-state index >= 15 is 0 Å². The summed E-state index contributed by atoms with van der Waals surface area (Å²) in [5.41, 5.74) is 7.28. The van der Waals surface area contributed by atoms with Crippen molar-refractivity contribution in [3.05, 3.63) is 46.8 Å². The van der Waals surface area contributed by atoms with Gasteiger partial charge in [0, 0.05) is 23.7 Å². The second-order valence-electron chi connectivity index (χ2n) is 4.95. The zero-order chi connectivity index (χ0) is 15.5. The molecule has 1 aromatic heterocycles. The van der Waals surface area contributed by atoms with Gasteiger partial charge < -0.3 is 5.73 Å². The molecule has 0 fully saturated rings. The largest absolute Gasteiger partial charge is 0.399 e. The Hall–Kier alpha value is -1.37. The Balaban J connectivity index is 2.27. The summed E-state index contributed by atoms with van der Waals surface area (Å²) in [6, 6.07) is 10.8. The standard InChI is InChI=1S/C15H20N2O2S2/c1-3-10-17(11-13-5-7-14(16)8-6-13)21(18,19)15-9-4-12(2)20-15/h4-9H,3,10-11,16H2,1-2H3. The van der Waals surface area contributed by atoms with Gasteiger partial charge in [-0.25, -0.2) is 8.42 Å². The lowest BCUT2D eigenvalue weighted by atomic mass is 10.2. The third-order valence-electron chi connectivity index (χ3n) is 3.12. The number of anilines is 1. The van der Waals surface area contributed by atoms with Crippen LogP contribution in [0, 0.1) is 6.92 Å². The van der Waals surface area contributed by atoms with E-state index in [1.165, 1.54) is 15.6 Å². The van der Waals surface area contributed by atoms with Gasteiger partial charge in [0.05, 0.1) is 0 Å². The highest BCUT2D eigenvalue weighted by Gasteiger charge is 2.25. The molecular weight excluding hydrogens is 304 g/mol. The van der Waals surface area contributed by atoms with E-state index in [9.17, 15) is 8.42 Å². The molecule has 4 nitrogen and oxygen atoms in total. The van der Waals surface area contributed by atoms with E-state index < -0.39 is 10.0 Å². The van der Waals surface area contributed by atoms with Crippen molar-refractivity contribution in [2.24, 2.45) is 0 Å². The van der Waals surface area contributed by atoms with E-state index in [0.717, 1.165) is 16.9 Å². The van der Waals surface area contributed by atoms with Gasteiger partial charge in [0.2, 0.25) is 0 Å². The van der Waals surface area contributed by atoms with Crippen LogP contribution in [0.4, 0.5) is 5.69 Å². The molecule has 0 bridgehead atoms. The monoisotopic (exact) mass is 324 g/mol.